The number of hydrogen-bond acceptors (Lipinski definition) is 4. The Balaban J connectivity index is 1.57. The molecule has 36 heavy (non-hydrogen) atoms. The number of alkyl halides is 1. The van der Waals surface area contributed by atoms with E-state index in [0.29, 0.717) is 49.5 Å². The lowest BCUT2D eigenvalue weighted by Gasteiger charge is -2.42. The number of nitrogens with zero attached hydrogens (tertiary/aromatic N) is 1. The molecule has 9 heteroatoms. The zero-order chi connectivity index (χ0) is 26.1. The Morgan fingerprint density at radius 2 is 1.83 bits per heavy atom. The lowest BCUT2D eigenvalue weighted by molar-refractivity contribution is -0.00934. The van der Waals surface area contributed by atoms with Crippen LogP contribution in [-0.4, -0.2) is 46.3 Å². The van der Waals surface area contributed by atoms with E-state index >= 15 is 0 Å². The van der Waals surface area contributed by atoms with Gasteiger partial charge in [0.15, 0.2) is 0 Å². The summed E-state index contributed by atoms with van der Waals surface area (Å²) in [5.41, 5.74) is 2.79. The number of imidazole rings is 1. The summed E-state index contributed by atoms with van der Waals surface area (Å²) in [5.74, 6) is 0.00849. The number of aromatic nitrogens is 2. The fraction of sp³-hybridized carbons (Fsp3) is 0.481. The predicted octanol–water partition coefficient (Wildman–Crippen LogP) is 5.78. The zero-order valence-corrected chi connectivity index (χ0v) is 21.9. The van der Waals surface area contributed by atoms with Crippen molar-refractivity contribution in [2.75, 3.05) is 19.7 Å². The highest BCUT2D eigenvalue weighted by atomic mass is 35.5. The molecular weight excluding hydrogens is 485 g/mol. The SMILES string of the molecule is CC(OCC1(c2ccc(F)cc2)CCN(C(=O)OC(C)(C)C)CC1)c1cc(CCl)cc2[nH]c(=O)[nH]c12. The number of carbonyl (C=O) groups is 1. The van der Waals surface area contributed by atoms with Gasteiger partial charge in [-0.05, 0) is 75.9 Å². The van der Waals surface area contributed by atoms with E-state index in [2.05, 4.69) is 9.97 Å². The number of carbonyl (C=O) groups excluding carboxylic acids is 1. The summed E-state index contributed by atoms with van der Waals surface area (Å²) in [6.45, 7) is 8.85. The summed E-state index contributed by atoms with van der Waals surface area (Å²) in [6.07, 6.45) is 0.607. The molecule has 7 nitrogen and oxygen atoms in total. The maximum absolute atomic E-state index is 13.7. The van der Waals surface area contributed by atoms with Crippen LogP contribution in [-0.2, 0) is 20.8 Å². The Bertz CT molecular complexity index is 1270. The van der Waals surface area contributed by atoms with Gasteiger partial charge in [0, 0.05) is 29.9 Å². The molecule has 0 aliphatic carbocycles. The molecule has 1 aliphatic heterocycles. The molecule has 1 aliphatic rings. The van der Waals surface area contributed by atoms with Crippen LogP contribution < -0.4 is 5.69 Å². The second-order valence-corrected chi connectivity index (χ2v) is 10.8. The Labute approximate surface area is 214 Å². The second-order valence-electron chi connectivity index (χ2n) is 10.5. The van der Waals surface area contributed by atoms with Crippen LogP contribution in [0.4, 0.5) is 9.18 Å². The molecule has 2 aromatic carbocycles. The number of aromatic amines is 2. The molecule has 1 saturated heterocycles. The monoisotopic (exact) mass is 517 g/mol. The minimum Gasteiger partial charge on any atom is -0.444 e. The van der Waals surface area contributed by atoms with Crippen LogP contribution in [0.3, 0.4) is 0 Å². The summed E-state index contributed by atoms with van der Waals surface area (Å²) < 4.78 is 25.7. The Morgan fingerprint density at radius 3 is 2.44 bits per heavy atom. The number of halogens is 2. The molecule has 0 spiro atoms. The van der Waals surface area contributed by atoms with E-state index in [1.165, 1.54) is 12.1 Å². The van der Waals surface area contributed by atoms with Crippen LogP contribution in [0.15, 0.2) is 41.2 Å². The smallest absolute Gasteiger partial charge is 0.410 e. The summed E-state index contributed by atoms with van der Waals surface area (Å²) in [6, 6.07) is 10.3. The highest BCUT2D eigenvalue weighted by Crippen LogP contribution is 2.38. The van der Waals surface area contributed by atoms with E-state index in [-0.39, 0.29) is 23.7 Å². The molecule has 0 radical (unpaired) electrons. The average molecular weight is 518 g/mol. The Kier molecular flexibility index (Phi) is 7.48. The molecule has 0 bridgehead atoms. The molecule has 2 N–H and O–H groups in total. The minimum atomic E-state index is -0.566. The molecule has 0 saturated carbocycles. The van der Waals surface area contributed by atoms with Crippen molar-refractivity contribution < 1.29 is 18.7 Å². The van der Waals surface area contributed by atoms with Crippen molar-refractivity contribution in [1.82, 2.24) is 14.9 Å². The number of fused-ring (bicyclic) bond motifs is 1. The molecule has 4 rings (SSSR count). The van der Waals surface area contributed by atoms with Crippen molar-refractivity contribution in [1.29, 1.82) is 0 Å². The number of piperidine rings is 1. The standard InChI is InChI=1S/C27H33ClFN3O4/c1-17(21-13-18(15-28)14-22-23(21)31-24(33)30-22)35-16-27(19-5-7-20(29)8-6-19)9-11-32(12-10-27)25(34)36-26(2,3)4/h5-8,13-14,17H,9-12,15-16H2,1-4H3,(H2,30,31,33). The number of likely N-dealkylation sites (tertiary alicyclic amines) is 1. The van der Waals surface area contributed by atoms with Gasteiger partial charge in [-0.15, -0.1) is 11.6 Å². The van der Waals surface area contributed by atoms with Crippen LogP contribution in [0.2, 0.25) is 0 Å². The van der Waals surface area contributed by atoms with Crippen molar-refractivity contribution in [3.8, 4) is 0 Å². The quantitative estimate of drug-likeness (QED) is 0.406. The maximum Gasteiger partial charge on any atom is 0.410 e. The molecular formula is C27H33ClFN3O4. The number of amides is 1. The first kappa shape index (κ1) is 26.2. The number of hydrogen-bond donors (Lipinski definition) is 2. The number of nitrogens with one attached hydrogen (secondary N) is 2. The lowest BCUT2D eigenvalue weighted by atomic mass is 9.73. The average Bonchev–Trinajstić information content (AvgIpc) is 3.21. The molecule has 194 valence electrons. The topological polar surface area (TPSA) is 87.4 Å². The van der Waals surface area contributed by atoms with E-state index in [1.807, 2.05) is 39.8 Å². The van der Waals surface area contributed by atoms with Gasteiger partial charge >= 0.3 is 11.8 Å². The van der Waals surface area contributed by atoms with Crippen LogP contribution in [0, 0.1) is 5.82 Å². The van der Waals surface area contributed by atoms with Gasteiger partial charge in [-0.1, -0.05) is 12.1 Å². The van der Waals surface area contributed by atoms with Crippen molar-refractivity contribution >= 4 is 28.7 Å². The summed E-state index contributed by atoms with van der Waals surface area (Å²) in [4.78, 5) is 31.9. The number of ether oxygens (including phenoxy) is 2. The lowest BCUT2D eigenvalue weighted by Crippen LogP contribution is -2.48. The van der Waals surface area contributed by atoms with Gasteiger partial charge in [0.05, 0.1) is 23.7 Å². The number of H-pyrrole nitrogens is 2. The number of benzene rings is 2. The molecule has 1 amide bonds. The van der Waals surface area contributed by atoms with Crippen LogP contribution >= 0.6 is 11.6 Å². The first-order valence-corrected chi connectivity index (χ1v) is 12.7. The molecule has 1 atom stereocenters. The first-order chi connectivity index (χ1) is 17.0. The van der Waals surface area contributed by atoms with Gasteiger partial charge in [0.2, 0.25) is 0 Å². The fourth-order valence-corrected chi connectivity index (χ4v) is 4.92. The normalized spacial score (nSPS) is 16.8. The zero-order valence-electron chi connectivity index (χ0n) is 21.1. The van der Waals surface area contributed by atoms with Crippen molar-refractivity contribution in [3.05, 3.63) is 69.4 Å². The summed E-state index contributed by atoms with van der Waals surface area (Å²) in [7, 11) is 0. The Morgan fingerprint density at radius 1 is 1.17 bits per heavy atom. The third kappa shape index (κ3) is 5.76. The van der Waals surface area contributed by atoms with Gasteiger partial charge < -0.3 is 24.3 Å². The maximum atomic E-state index is 13.7. The Hall–Kier alpha value is -2.84. The van der Waals surface area contributed by atoms with E-state index < -0.39 is 11.0 Å². The van der Waals surface area contributed by atoms with Crippen LogP contribution in [0.25, 0.3) is 11.0 Å². The molecule has 1 aromatic heterocycles. The molecule has 1 fully saturated rings. The van der Waals surface area contributed by atoms with Gasteiger partial charge in [0.25, 0.3) is 0 Å². The van der Waals surface area contributed by atoms with Crippen molar-refractivity contribution in [2.24, 2.45) is 0 Å². The van der Waals surface area contributed by atoms with E-state index in [0.717, 1.165) is 16.7 Å². The van der Waals surface area contributed by atoms with E-state index in [9.17, 15) is 14.0 Å². The summed E-state index contributed by atoms with van der Waals surface area (Å²) in [5, 5.41) is 0. The van der Waals surface area contributed by atoms with Crippen LogP contribution in [0.5, 0.6) is 0 Å². The fourth-order valence-electron chi connectivity index (χ4n) is 4.77. The summed E-state index contributed by atoms with van der Waals surface area (Å²) >= 11 is 6.09. The highest BCUT2D eigenvalue weighted by Gasteiger charge is 2.39. The predicted molar refractivity (Wildman–Crippen MR) is 138 cm³/mol. The highest BCUT2D eigenvalue weighted by molar-refractivity contribution is 6.17. The second kappa shape index (κ2) is 10.3. The van der Waals surface area contributed by atoms with Gasteiger partial charge in [-0.3, -0.25) is 0 Å². The third-order valence-corrected chi connectivity index (χ3v) is 7.05. The van der Waals surface area contributed by atoms with Crippen molar-refractivity contribution in [2.45, 2.75) is 63.5 Å². The van der Waals surface area contributed by atoms with E-state index in [4.69, 9.17) is 21.1 Å². The number of rotatable bonds is 6. The van der Waals surface area contributed by atoms with Crippen molar-refractivity contribution in [3.63, 3.8) is 0 Å². The molecule has 3 aromatic rings. The van der Waals surface area contributed by atoms with Gasteiger partial charge in [0.1, 0.15) is 11.4 Å². The first-order valence-electron chi connectivity index (χ1n) is 12.2. The molecule has 2 heterocycles. The third-order valence-electron chi connectivity index (χ3n) is 6.75. The van der Waals surface area contributed by atoms with Gasteiger partial charge in [-0.25, -0.2) is 14.0 Å². The van der Waals surface area contributed by atoms with E-state index in [1.54, 1.807) is 17.0 Å². The largest absolute Gasteiger partial charge is 0.444 e. The van der Waals surface area contributed by atoms with Gasteiger partial charge in [-0.2, -0.15) is 0 Å². The minimum absolute atomic E-state index is 0.289. The van der Waals surface area contributed by atoms with Crippen LogP contribution in [0.1, 0.15) is 63.3 Å². The molecule has 1 unspecified atom stereocenters.